The lowest BCUT2D eigenvalue weighted by Crippen LogP contribution is -2.23. The number of carbonyl (C=O) groups is 1. The predicted molar refractivity (Wildman–Crippen MR) is 98.9 cm³/mol. The molecule has 1 unspecified atom stereocenters. The molecule has 1 fully saturated rings. The van der Waals surface area contributed by atoms with Gasteiger partial charge in [-0.05, 0) is 48.2 Å². The second-order valence-electron chi connectivity index (χ2n) is 6.85. The normalized spacial score (nSPS) is 17.0. The van der Waals surface area contributed by atoms with Gasteiger partial charge in [0.2, 0.25) is 0 Å². The third-order valence-electron chi connectivity index (χ3n) is 4.46. The number of carbonyl (C=O) groups excluding carboxylic acids is 1. The minimum absolute atomic E-state index is 0.0861. The summed E-state index contributed by atoms with van der Waals surface area (Å²) in [7, 11) is 3.41. The fraction of sp³-hybridized carbons (Fsp3) is 0.381. The second-order valence-corrected chi connectivity index (χ2v) is 6.85. The first kappa shape index (κ1) is 18.4. The third-order valence-corrected chi connectivity index (χ3v) is 4.46. The molecule has 1 aliphatic rings. The summed E-state index contributed by atoms with van der Waals surface area (Å²) in [4.78, 5) is 13.7. The molecule has 1 amide bonds. The summed E-state index contributed by atoms with van der Waals surface area (Å²) >= 11 is 0. The third kappa shape index (κ3) is 4.61. The van der Waals surface area contributed by atoms with Crippen LogP contribution in [0.3, 0.4) is 0 Å². The predicted octanol–water partition coefficient (Wildman–Crippen LogP) is 4.00. The van der Waals surface area contributed by atoms with Crippen LogP contribution in [-0.2, 0) is 4.74 Å². The van der Waals surface area contributed by atoms with Gasteiger partial charge in [-0.1, -0.05) is 12.1 Å². The van der Waals surface area contributed by atoms with Crippen molar-refractivity contribution < 1.29 is 18.7 Å². The van der Waals surface area contributed by atoms with Crippen molar-refractivity contribution in [2.75, 3.05) is 33.9 Å². The van der Waals surface area contributed by atoms with Gasteiger partial charge < -0.3 is 14.4 Å². The van der Waals surface area contributed by atoms with E-state index < -0.39 is 0 Å². The molecule has 3 rings (SSSR count). The molecule has 1 atom stereocenters. The Labute approximate surface area is 153 Å². The highest BCUT2D eigenvalue weighted by Crippen LogP contribution is 2.27. The lowest BCUT2D eigenvalue weighted by molar-refractivity contribution is 0.0351. The van der Waals surface area contributed by atoms with Gasteiger partial charge in [-0.2, -0.15) is 0 Å². The fourth-order valence-electron chi connectivity index (χ4n) is 3.06. The van der Waals surface area contributed by atoms with Crippen LogP contribution in [0.1, 0.15) is 23.2 Å². The number of ether oxygens (including phenoxy) is 2. The molecule has 0 radical (unpaired) electrons. The molecule has 4 nitrogen and oxygen atoms in total. The molecule has 138 valence electrons. The molecule has 1 heterocycles. The van der Waals surface area contributed by atoms with Crippen molar-refractivity contribution >= 4 is 5.91 Å². The molecule has 26 heavy (non-hydrogen) atoms. The van der Waals surface area contributed by atoms with E-state index in [1.807, 2.05) is 12.1 Å². The highest BCUT2D eigenvalue weighted by atomic mass is 19.1. The lowest BCUT2D eigenvalue weighted by Gasteiger charge is -2.22. The van der Waals surface area contributed by atoms with Crippen LogP contribution < -0.4 is 4.74 Å². The Morgan fingerprint density at radius 2 is 2.08 bits per heavy atom. The minimum Gasteiger partial charge on any atom is -0.493 e. The number of halogens is 1. The van der Waals surface area contributed by atoms with Crippen LogP contribution in [0.25, 0.3) is 11.1 Å². The largest absolute Gasteiger partial charge is 0.493 e. The van der Waals surface area contributed by atoms with Gasteiger partial charge in [0.15, 0.2) is 0 Å². The van der Waals surface area contributed by atoms with Crippen molar-refractivity contribution in [3.63, 3.8) is 0 Å². The van der Waals surface area contributed by atoms with Gasteiger partial charge in [-0.25, -0.2) is 4.39 Å². The molecular formula is C21H24FNO3. The highest BCUT2D eigenvalue weighted by molar-refractivity contribution is 5.95. The fourth-order valence-corrected chi connectivity index (χ4v) is 3.06. The lowest BCUT2D eigenvalue weighted by atomic mass is 10.0. The molecule has 0 spiro atoms. The van der Waals surface area contributed by atoms with Crippen LogP contribution in [0.15, 0.2) is 42.5 Å². The molecule has 0 N–H and O–H groups in total. The number of nitrogens with zero attached hydrogens (tertiary/aromatic N) is 1. The molecule has 1 aliphatic heterocycles. The zero-order chi connectivity index (χ0) is 18.5. The van der Waals surface area contributed by atoms with Gasteiger partial charge in [-0.3, -0.25) is 4.79 Å². The summed E-state index contributed by atoms with van der Waals surface area (Å²) in [5.74, 6) is 0.394. The molecule has 0 aliphatic carbocycles. The van der Waals surface area contributed by atoms with E-state index in [0.29, 0.717) is 36.0 Å². The first-order valence-electron chi connectivity index (χ1n) is 8.86. The molecule has 2 aromatic rings. The van der Waals surface area contributed by atoms with Gasteiger partial charge in [-0.15, -0.1) is 0 Å². The van der Waals surface area contributed by atoms with E-state index in [2.05, 4.69) is 0 Å². The number of hydrogen-bond donors (Lipinski definition) is 0. The minimum atomic E-state index is -0.360. The maximum absolute atomic E-state index is 14.1. The number of hydrogen-bond acceptors (Lipinski definition) is 3. The van der Waals surface area contributed by atoms with E-state index >= 15 is 0 Å². The van der Waals surface area contributed by atoms with Crippen LogP contribution in [0.2, 0.25) is 0 Å². The van der Waals surface area contributed by atoms with Gasteiger partial charge in [0.25, 0.3) is 5.91 Å². The van der Waals surface area contributed by atoms with E-state index in [9.17, 15) is 9.18 Å². The van der Waals surface area contributed by atoms with Crippen molar-refractivity contribution in [3.05, 3.63) is 53.8 Å². The zero-order valence-electron chi connectivity index (χ0n) is 15.2. The summed E-state index contributed by atoms with van der Waals surface area (Å²) in [6.07, 6.45) is 2.10. The zero-order valence-corrected chi connectivity index (χ0v) is 15.2. The summed E-state index contributed by atoms with van der Waals surface area (Å²) in [6, 6.07) is 11.8. The van der Waals surface area contributed by atoms with Gasteiger partial charge >= 0.3 is 0 Å². The maximum atomic E-state index is 14.1. The average Bonchev–Trinajstić information content (AvgIpc) is 2.66. The average molecular weight is 357 g/mol. The SMILES string of the molecule is CN(C)C(=O)c1cccc(-c2cc(F)cc(OCC3CCCOC3)c2)c1. The van der Waals surface area contributed by atoms with E-state index in [1.54, 1.807) is 32.3 Å². The number of amides is 1. The van der Waals surface area contributed by atoms with Crippen LogP contribution in [0.5, 0.6) is 5.75 Å². The van der Waals surface area contributed by atoms with Gasteiger partial charge in [0.1, 0.15) is 11.6 Å². The van der Waals surface area contributed by atoms with Crippen LogP contribution in [0, 0.1) is 11.7 Å². The summed E-state index contributed by atoms with van der Waals surface area (Å²) in [6.45, 7) is 2.02. The smallest absolute Gasteiger partial charge is 0.253 e. The first-order valence-corrected chi connectivity index (χ1v) is 8.86. The quantitative estimate of drug-likeness (QED) is 0.812. The van der Waals surface area contributed by atoms with Crippen molar-refractivity contribution in [1.82, 2.24) is 4.90 Å². The Balaban J connectivity index is 1.78. The molecule has 1 saturated heterocycles. The molecule has 5 heteroatoms. The van der Waals surface area contributed by atoms with Crippen molar-refractivity contribution in [2.24, 2.45) is 5.92 Å². The van der Waals surface area contributed by atoms with Crippen molar-refractivity contribution in [3.8, 4) is 16.9 Å². The Morgan fingerprint density at radius 3 is 2.81 bits per heavy atom. The summed E-state index contributed by atoms with van der Waals surface area (Å²) in [5, 5.41) is 0. The van der Waals surface area contributed by atoms with E-state index in [4.69, 9.17) is 9.47 Å². The van der Waals surface area contributed by atoms with Gasteiger partial charge in [0.05, 0.1) is 13.2 Å². The second kappa shape index (κ2) is 8.32. The summed E-state index contributed by atoms with van der Waals surface area (Å²) in [5.41, 5.74) is 2.04. The maximum Gasteiger partial charge on any atom is 0.253 e. The Hall–Kier alpha value is -2.40. The van der Waals surface area contributed by atoms with E-state index in [0.717, 1.165) is 25.0 Å². The molecule has 0 aromatic heterocycles. The van der Waals surface area contributed by atoms with E-state index in [-0.39, 0.29) is 11.7 Å². The monoisotopic (exact) mass is 357 g/mol. The van der Waals surface area contributed by atoms with E-state index in [1.165, 1.54) is 17.0 Å². The number of benzene rings is 2. The highest BCUT2D eigenvalue weighted by Gasteiger charge is 2.15. The summed E-state index contributed by atoms with van der Waals surface area (Å²) < 4.78 is 25.3. The molecular weight excluding hydrogens is 333 g/mol. The topological polar surface area (TPSA) is 38.8 Å². The van der Waals surface area contributed by atoms with Crippen LogP contribution in [-0.4, -0.2) is 44.7 Å². The first-order chi connectivity index (χ1) is 12.5. The molecule has 0 bridgehead atoms. The Morgan fingerprint density at radius 1 is 1.23 bits per heavy atom. The molecule has 2 aromatic carbocycles. The van der Waals surface area contributed by atoms with Crippen LogP contribution >= 0.6 is 0 Å². The number of rotatable bonds is 5. The van der Waals surface area contributed by atoms with Crippen LogP contribution in [0.4, 0.5) is 4.39 Å². The Kier molecular flexibility index (Phi) is 5.89. The molecule has 0 saturated carbocycles. The Bertz CT molecular complexity index is 770. The van der Waals surface area contributed by atoms with Gasteiger partial charge in [0, 0.05) is 38.2 Å². The van der Waals surface area contributed by atoms with Crippen molar-refractivity contribution in [1.29, 1.82) is 0 Å². The standard InChI is InChI=1S/C21H24FNO3/c1-23(2)21(24)17-7-3-6-16(9-17)18-10-19(22)12-20(11-18)26-14-15-5-4-8-25-13-15/h3,6-7,9-12,15H,4-5,8,13-14H2,1-2H3. The van der Waals surface area contributed by atoms with Crippen molar-refractivity contribution in [2.45, 2.75) is 12.8 Å².